The Balaban J connectivity index is 1.94. The maximum absolute atomic E-state index is 4.88. The lowest BCUT2D eigenvalue weighted by molar-refractivity contribution is 0.756. The molecule has 1 aliphatic heterocycles. The van der Waals surface area contributed by atoms with Gasteiger partial charge in [-0.05, 0) is 30.7 Å². The zero-order valence-corrected chi connectivity index (χ0v) is 12.4. The van der Waals surface area contributed by atoms with Gasteiger partial charge in [0.25, 0.3) is 0 Å². The summed E-state index contributed by atoms with van der Waals surface area (Å²) in [6.07, 6.45) is 5.91. The van der Waals surface area contributed by atoms with Crippen LogP contribution in [0.15, 0.2) is 53.7 Å². The second kappa shape index (κ2) is 5.04. The van der Waals surface area contributed by atoms with E-state index in [4.69, 9.17) is 4.98 Å². The zero-order valence-electron chi connectivity index (χ0n) is 11.5. The van der Waals surface area contributed by atoms with E-state index in [0.717, 1.165) is 29.1 Å². The molecule has 0 aliphatic carbocycles. The monoisotopic (exact) mass is 293 g/mol. The van der Waals surface area contributed by atoms with E-state index in [1.807, 2.05) is 24.5 Å². The molecule has 0 amide bonds. The number of aromatic nitrogens is 3. The fourth-order valence-corrected chi connectivity index (χ4v) is 3.10. The number of hydrogen-bond donors (Lipinski definition) is 1. The van der Waals surface area contributed by atoms with E-state index in [0.29, 0.717) is 0 Å². The van der Waals surface area contributed by atoms with Gasteiger partial charge >= 0.3 is 0 Å². The van der Waals surface area contributed by atoms with Gasteiger partial charge in [0.05, 0.1) is 11.4 Å². The van der Waals surface area contributed by atoms with Crippen LogP contribution in [0.25, 0.3) is 22.5 Å². The van der Waals surface area contributed by atoms with Crippen molar-refractivity contribution >= 4 is 12.6 Å². The van der Waals surface area contributed by atoms with Crippen molar-refractivity contribution in [3.05, 3.63) is 54.6 Å². The smallest absolute Gasteiger partial charge is 0.109 e. The molecule has 4 heteroatoms. The minimum absolute atomic E-state index is 0.968. The molecule has 104 valence electrons. The highest BCUT2D eigenvalue weighted by Gasteiger charge is 2.22. The molecule has 4 rings (SSSR count). The lowest BCUT2D eigenvalue weighted by atomic mass is 10.1. The number of nitrogens with zero attached hydrogens (tertiary/aromatic N) is 3. The summed E-state index contributed by atoms with van der Waals surface area (Å²) in [5, 5.41) is 0. The van der Waals surface area contributed by atoms with Crippen molar-refractivity contribution in [2.45, 2.75) is 24.3 Å². The molecular weight excluding hydrogens is 278 g/mol. The Hall–Kier alpha value is -2.07. The predicted octanol–water partition coefficient (Wildman–Crippen LogP) is 3.85. The maximum atomic E-state index is 4.88. The second-order valence-corrected chi connectivity index (χ2v) is 5.78. The average molecular weight is 293 g/mol. The third-order valence-corrected chi connectivity index (χ3v) is 4.22. The molecule has 1 aromatic carbocycles. The maximum Gasteiger partial charge on any atom is 0.109 e. The third-order valence-electron chi connectivity index (χ3n) is 3.92. The standard InChI is InChI=1S/C17H15N3S/c21-14-5-3-12(4-6-14)16-17(13-7-9-18-10-8-13)20-11-1-2-15(20)19-16/h3-10,21H,1-2,11H2. The van der Waals surface area contributed by atoms with Crippen molar-refractivity contribution in [3.63, 3.8) is 0 Å². The summed E-state index contributed by atoms with van der Waals surface area (Å²) in [6, 6.07) is 12.3. The molecule has 3 aromatic rings. The lowest BCUT2D eigenvalue weighted by Crippen LogP contribution is -1.96. The van der Waals surface area contributed by atoms with Crippen LogP contribution in [0, 0.1) is 0 Å². The lowest BCUT2D eigenvalue weighted by Gasteiger charge is -2.08. The number of fused-ring (bicyclic) bond motifs is 1. The highest BCUT2D eigenvalue weighted by molar-refractivity contribution is 7.80. The van der Waals surface area contributed by atoms with Crippen molar-refractivity contribution < 1.29 is 0 Å². The summed E-state index contributed by atoms with van der Waals surface area (Å²) < 4.78 is 2.35. The number of benzene rings is 1. The SMILES string of the molecule is Sc1ccc(-c2nc3n(c2-c2ccncc2)CCC3)cc1. The van der Waals surface area contributed by atoms with Crippen LogP contribution in [-0.2, 0) is 13.0 Å². The molecule has 0 spiro atoms. The van der Waals surface area contributed by atoms with Gasteiger partial charge < -0.3 is 4.57 Å². The van der Waals surface area contributed by atoms with Gasteiger partial charge in [0, 0.05) is 41.4 Å². The van der Waals surface area contributed by atoms with Gasteiger partial charge in [-0.2, -0.15) is 0 Å². The van der Waals surface area contributed by atoms with Gasteiger partial charge in [-0.3, -0.25) is 4.98 Å². The highest BCUT2D eigenvalue weighted by Crippen LogP contribution is 2.35. The van der Waals surface area contributed by atoms with E-state index in [-0.39, 0.29) is 0 Å². The summed E-state index contributed by atoms with van der Waals surface area (Å²) in [5.41, 5.74) is 4.58. The first kappa shape index (κ1) is 12.7. The first-order chi connectivity index (χ1) is 10.3. The molecule has 0 saturated heterocycles. The van der Waals surface area contributed by atoms with Crippen molar-refractivity contribution in [1.29, 1.82) is 0 Å². The molecule has 1 aliphatic rings. The largest absolute Gasteiger partial charge is 0.327 e. The minimum atomic E-state index is 0.968. The first-order valence-electron chi connectivity index (χ1n) is 7.12. The summed E-state index contributed by atoms with van der Waals surface area (Å²) in [5.74, 6) is 1.19. The number of hydrogen-bond acceptors (Lipinski definition) is 3. The van der Waals surface area contributed by atoms with Crippen LogP contribution < -0.4 is 0 Å². The van der Waals surface area contributed by atoms with E-state index in [1.54, 1.807) is 0 Å². The van der Waals surface area contributed by atoms with Crippen LogP contribution in [0.5, 0.6) is 0 Å². The first-order valence-corrected chi connectivity index (χ1v) is 7.57. The normalized spacial score (nSPS) is 13.4. The Morgan fingerprint density at radius 3 is 2.48 bits per heavy atom. The van der Waals surface area contributed by atoms with E-state index in [2.05, 4.69) is 46.4 Å². The second-order valence-electron chi connectivity index (χ2n) is 5.26. The number of thiol groups is 1. The molecule has 0 radical (unpaired) electrons. The quantitative estimate of drug-likeness (QED) is 0.728. The predicted molar refractivity (Wildman–Crippen MR) is 86.5 cm³/mol. The molecule has 0 bridgehead atoms. The van der Waals surface area contributed by atoms with E-state index in [1.165, 1.54) is 23.5 Å². The minimum Gasteiger partial charge on any atom is -0.327 e. The molecule has 0 atom stereocenters. The molecule has 2 aromatic heterocycles. The van der Waals surface area contributed by atoms with Gasteiger partial charge in [-0.1, -0.05) is 12.1 Å². The van der Waals surface area contributed by atoms with Gasteiger partial charge in [-0.25, -0.2) is 4.98 Å². The average Bonchev–Trinajstić information content (AvgIpc) is 3.09. The Labute approximate surface area is 129 Å². The molecule has 3 heterocycles. The summed E-state index contributed by atoms with van der Waals surface area (Å²) in [7, 11) is 0. The van der Waals surface area contributed by atoms with E-state index < -0.39 is 0 Å². The molecule has 3 nitrogen and oxygen atoms in total. The van der Waals surface area contributed by atoms with Crippen LogP contribution >= 0.6 is 12.6 Å². The van der Waals surface area contributed by atoms with Crippen molar-refractivity contribution in [2.24, 2.45) is 0 Å². The number of rotatable bonds is 2. The zero-order chi connectivity index (χ0) is 14.2. The van der Waals surface area contributed by atoms with Crippen LogP contribution in [0.4, 0.5) is 0 Å². The van der Waals surface area contributed by atoms with Crippen molar-refractivity contribution in [1.82, 2.24) is 14.5 Å². The third kappa shape index (κ3) is 2.16. The number of aryl methyl sites for hydroxylation is 1. The number of imidazole rings is 1. The van der Waals surface area contributed by atoms with Gasteiger partial charge in [0.1, 0.15) is 5.82 Å². The number of pyridine rings is 1. The molecule has 0 unspecified atom stereocenters. The molecule has 0 N–H and O–H groups in total. The Morgan fingerprint density at radius 1 is 0.952 bits per heavy atom. The van der Waals surface area contributed by atoms with Crippen LogP contribution in [-0.4, -0.2) is 14.5 Å². The summed E-state index contributed by atoms with van der Waals surface area (Å²) >= 11 is 4.36. The fourth-order valence-electron chi connectivity index (χ4n) is 2.95. The van der Waals surface area contributed by atoms with E-state index in [9.17, 15) is 0 Å². The Kier molecular flexibility index (Phi) is 3.04. The van der Waals surface area contributed by atoms with E-state index >= 15 is 0 Å². The summed E-state index contributed by atoms with van der Waals surface area (Å²) in [6.45, 7) is 1.05. The molecular formula is C17H15N3S. The Morgan fingerprint density at radius 2 is 1.71 bits per heavy atom. The highest BCUT2D eigenvalue weighted by atomic mass is 32.1. The van der Waals surface area contributed by atoms with Gasteiger partial charge in [0.15, 0.2) is 0 Å². The van der Waals surface area contributed by atoms with Crippen molar-refractivity contribution in [3.8, 4) is 22.5 Å². The molecule has 21 heavy (non-hydrogen) atoms. The van der Waals surface area contributed by atoms with Crippen LogP contribution in [0.3, 0.4) is 0 Å². The topological polar surface area (TPSA) is 30.7 Å². The van der Waals surface area contributed by atoms with Gasteiger partial charge in [0.2, 0.25) is 0 Å². The van der Waals surface area contributed by atoms with Gasteiger partial charge in [-0.15, -0.1) is 12.6 Å². The van der Waals surface area contributed by atoms with Crippen LogP contribution in [0.2, 0.25) is 0 Å². The fraction of sp³-hybridized carbons (Fsp3) is 0.176. The van der Waals surface area contributed by atoms with Crippen molar-refractivity contribution in [2.75, 3.05) is 0 Å². The van der Waals surface area contributed by atoms with Crippen LogP contribution in [0.1, 0.15) is 12.2 Å². The summed E-state index contributed by atoms with van der Waals surface area (Å²) in [4.78, 5) is 9.98. The molecule has 0 saturated carbocycles. The molecule has 0 fully saturated rings. The Bertz CT molecular complexity index is 776.